The number of nitrogens with zero attached hydrogens (tertiary/aromatic N) is 1. The van der Waals surface area contributed by atoms with E-state index in [1.165, 1.54) is 0 Å². The van der Waals surface area contributed by atoms with E-state index in [2.05, 4.69) is 5.32 Å². The Labute approximate surface area is 130 Å². The van der Waals surface area contributed by atoms with Gasteiger partial charge in [0.25, 0.3) is 5.91 Å². The minimum Gasteiger partial charge on any atom is -0.494 e. The van der Waals surface area contributed by atoms with Crippen LogP contribution in [0, 0.1) is 11.3 Å². The standard InChI is InChI=1S/C16H20N2O4/c1-2-21-14-7-4-3-6-13(14)8-9-16(20)22-12-15(19)18-11-5-10-17/h3-4,6-7H,2,5,8-9,11-12H2,1H3,(H,18,19). The second-order valence-corrected chi connectivity index (χ2v) is 4.46. The molecule has 0 radical (unpaired) electrons. The Kier molecular flexibility index (Phi) is 8.13. The highest BCUT2D eigenvalue weighted by molar-refractivity contribution is 5.80. The fourth-order valence-corrected chi connectivity index (χ4v) is 1.77. The fraction of sp³-hybridized carbons (Fsp3) is 0.438. The van der Waals surface area contributed by atoms with Crippen LogP contribution in [0.15, 0.2) is 24.3 Å². The van der Waals surface area contributed by atoms with Crippen molar-refractivity contribution in [1.29, 1.82) is 5.26 Å². The Morgan fingerprint density at radius 2 is 2.09 bits per heavy atom. The van der Waals surface area contributed by atoms with E-state index in [9.17, 15) is 9.59 Å². The lowest BCUT2D eigenvalue weighted by atomic mass is 10.1. The third-order valence-corrected chi connectivity index (χ3v) is 2.79. The van der Waals surface area contributed by atoms with Crippen molar-refractivity contribution in [3.63, 3.8) is 0 Å². The maximum absolute atomic E-state index is 11.6. The second kappa shape index (κ2) is 10.2. The topological polar surface area (TPSA) is 88.4 Å². The number of aryl methyl sites for hydroxylation is 1. The molecule has 0 fully saturated rings. The van der Waals surface area contributed by atoms with Gasteiger partial charge in [0.2, 0.25) is 0 Å². The molecule has 0 atom stereocenters. The molecule has 6 heteroatoms. The molecule has 0 aliphatic heterocycles. The normalized spacial score (nSPS) is 9.64. The van der Waals surface area contributed by atoms with E-state index in [0.29, 0.717) is 13.0 Å². The van der Waals surface area contributed by atoms with Crippen molar-refractivity contribution in [3.05, 3.63) is 29.8 Å². The molecule has 0 saturated carbocycles. The summed E-state index contributed by atoms with van der Waals surface area (Å²) in [7, 11) is 0. The van der Waals surface area contributed by atoms with Crippen molar-refractivity contribution < 1.29 is 19.1 Å². The van der Waals surface area contributed by atoms with Crippen LogP contribution in [-0.4, -0.2) is 31.6 Å². The molecule has 0 bridgehead atoms. The first-order valence-electron chi connectivity index (χ1n) is 7.17. The molecule has 22 heavy (non-hydrogen) atoms. The summed E-state index contributed by atoms with van der Waals surface area (Å²) in [5, 5.41) is 10.8. The largest absolute Gasteiger partial charge is 0.494 e. The van der Waals surface area contributed by atoms with Crippen LogP contribution in [0.1, 0.15) is 25.3 Å². The summed E-state index contributed by atoms with van der Waals surface area (Å²) in [6, 6.07) is 9.41. The highest BCUT2D eigenvalue weighted by Gasteiger charge is 2.09. The van der Waals surface area contributed by atoms with Gasteiger partial charge in [-0.3, -0.25) is 9.59 Å². The van der Waals surface area contributed by atoms with Gasteiger partial charge in [0.05, 0.1) is 19.1 Å². The molecule has 1 N–H and O–H groups in total. The van der Waals surface area contributed by atoms with Gasteiger partial charge in [-0.1, -0.05) is 18.2 Å². The third kappa shape index (κ3) is 6.75. The number of rotatable bonds is 9. The highest BCUT2D eigenvalue weighted by atomic mass is 16.5. The number of benzene rings is 1. The van der Waals surface area contributed by atoms with Crippen LogP contribution in [0.3, 0.4) is 0 Å². The zero-order valence-corrected chi connectivity index (χ0v) is 12.6. The van der Waals surface area contributed by atoms with Gasteiger partial charge < -0.3 is 14.8 Å². The van der Waals surface area contributed by atoms with Gasteiger partial charge in [0.1, 0.15) is 5.75 Å². The van der Waals surface area contributed by atoms with E-state index in [4.69, 9.17) is 14.7 Å². The van der Waals surface area contributed by atoms with Gasteiger partial charge in [-0.15, -0.1) is 0 Å². The maximum Gasteiger partial charge on any atom is 0.306 e. The minimum atomic E-state index is -0.443. The van der Waals surface area contributed by atoms with Crippen molar-refractivity contribution in [2.75, 3.05) is 19.8 Å². The van der Waals surface area contributed by atoms with Crippen molar-refractivity contribution in [2.45, 2.75) is 26.2 Å². The predicted molar refractivity (Wildman–Crippen MR) is 80.1 cm³/mol. The van der Waals surface area contributed by atoms with Crippen molar-refractivity contribution in [2.24, 2.45) is 0 Å². The lowest BCUT2D eigenvalue weighted by Gasteiger charge is -2.09. The summed E-state index contributed by atoms with van der Waals surface area (Å²) >= 11 is 0. The smallest absolute Gasteiger partial charge is 0.306 e. The number of ether oxygens (including phenoxy) is 2. The molecule has 1 rings (SSSR count). The van der Waals surface area contributed by atoms with Crippen LogP contribution >= 0.6 is 0 Å². The summed E-state index contributed by atoms with van der Waals surface area (Å²) < 4.78 is 10.4. The van der Waals surface area contributed by atoms with Crippen LogP contribution in [-0.2, 0) is 20.7 Å². The van der Waals surface area contributed by atoms with Gasteiger partial charge >= 0.3 is 5.97 Å². The lowest BCUT2D eigenvalue weighted by Crippen LogP contribution is -2.29. The molecule has 0 aliphatic rings. The van der Waals surface area contributed by atoms with Crippen LogP contribution in [0.2, 0.25) is 0 Å². The van der Waals surface area contributed by atoms with E-state index in [-0.39, 0.29) is 26.0 Å². The Morgan fingerprint density at radius 1 is 1.32 bits per heavy atom. The summed E-state index contributed by atoms with van der Waals surface area (Å²) in [5.41, 5.74) is 0.930. The van der Waals surface area contributed by atoms with E-state index < -0.39 is 11.9 Å². The molecule has 0 heterocycles. The molecule has 1 amide bonds. The molecule has 0 spiro atoms. The first kappa shape index (κ1) is 17.5. The zero-order valence-electron chi connectivity index (χ0n) is 12.6. The number of nitriles is 1. The highest BCUT2D eigenvalue weighted by Crippen LogP contribution is 2.19. The van der Waals surface area contributed by atoms with Crippen LogP contribution < -0.4 is 10.1 Å². The molecular weight excluding hydrogens is 284 g/mol. The molecule has 118 valence electrons. The minimum absolute atomic E-state index is 0.176. The van der Waals surface area contributed by atoms with Gasteiger partial charge in [-0.25, -0.2) is 0 Å². The Balaban J connectivity index is 2.31. The first-order valence-corrected chi connectivity index (χ1v) is 7.17. The molecule has 0 aromatic heterocycles. The summed E-state index contributed by atoms with van der Waals surface area (Å²) in [6.45, 7) is 2.40. The molecule has 0 unspecified atom stereocenters. The molecule has 0 aliphatic carbocycles. The Bertz CT molecular complexity index is 537. The van der Waals surface area contributed by atoms with Gasteiger partial charge in [-0.05, 0) is 25.0 Å². The summed E-state index contributed by atoms with van der Waals surface area (Å²) in [5.74, 6) is -0.0907. The number of nitrogens with one attached hydrogen (secondary N) is 1. The second-order valence-electron chi connectivity index (χ2n) is 4.46. The number of carbonyl (C=O) groups is 2. The van der Waals surface area contributed by atoms with Crippen molar-refractivity contribution >= 4 is 11.9 Å². The van der Waals surface area contributed by atoms with Gasteiger partial charge in [-0.2, -0.15) is 5.26 Å². The van der Waals surface area contributed by atoms with Crippen LogP contribution in [0.25, 0.3) is 0 Å². The average molecular weight is 304 g/mol. The molecule has 0 saturated heterocycles. The number of carbonyl (C=O) groups excluding carboxylic acids is 2. The molecule has 6 nitrogen and oxygen atoms in total. The average Bonchev–Trinajstić information content (AvgIpc) is 2.52. The fourth-order valence-electron chi connectivity index (χ4n) is 1.77. The molecule has 1 aromatic rings. The number of para-hydroxylation sites is 1. The Morgan fingerprint density at radius 3 is 2.82 bits per heavy atom. The quantitative estimate of drug-likeness (QED) is 0.553. The molecular formula is C16H20N2O4. The van der Waals surface area contributed by atoms with Crippen LogP contribution in [0.5, 0.6) is 5.75 Å². The Hall–Kier alpha value is -2.55. The van der Waals surface area contributed by atoms with Crippen LogP contribution in [0.4, 0.5) is 0 Å². The van der Waals surface area contributed by atoms with E-state index in [1.54, 1.807) is 0 Å². The van der Waals surface area contributed by atoms with Gasteiger partial charge in [0.15, 0.2) is 6.61 Å². The monoisotopic (exact) mass is 304 g/mol. The number of hydrogen-bond acceptors (Lipinski definition) is 5. The predicted octanol–water partition coefficient (Wildman–Crippen LogP) is 1.59. The van der Waals surface area contributed by atoms with E-state index in [0.717, 1.165) is 11.3 Å². The van der Waals surface area contributed by atoms with E-state index in [1.807, 2.05) is 37.3 Å². The van der Waals surface area contributed by atoms with E-state index >= 15 is 0 Å². The molecule has 1 aromatic carbocycles. The maximum atomic E-state index is 11.6. The number of amides is 1. The lowest BCUT2D eigenvalue weighted by molar-refractivity contribution is -0.148. The van der Waals surface area contributed by atoms with Gasteiger partial charge in [0, 0.05) is 13.0 Å². The number of esters is 1. The van der Waals surface area contributed by atoms with Crippen molar-refractivity contribution in [1.82, 2.24) is 5.32 Å². The van der Waals surface area contributed by atoms with Crippen molar-refractivity contribution in [3.8, 4) is 11.8 Å². The first-order chi connectivity index (χ1) is 10.7. The third-order valence-electron chi connectivity index (χ3n) is 2.79. The number of hydrogen-bond donors (Lipinski definition) is 1. The summed E-state index contributed by atoms with van der Waals surface area (Å²) in [6.07, 6.45) is 0.897. The zero-order chi connectivity index (χ0) is 16.2. The summed E-state index contributed by atoms with van der Waals surface area (Å²) in [4.78, 5) is 22.9. The SMILES string of the molecule is CCOc1ccccc1CCC(=O)OCC(=O)NCCC#N.